The van der Waals surface area contributed by atoms with E-state index in [2.05, 4.69) is 32.4 Å². The summed E-state index contributed by atoms with van der Waals surface area (Å²) in [4.78, 5) is 6.79. The Labute approximate surface area is 194 Å². The Morgan fingerprint density at radius 3 is 2.94 bits per heavy atom. The molecule has 2 aliphatic heterocycles. The van der Waals surface area contributed by atoms with E-state index in [1.165, 1.54) is 12.8 Å². The second-order valence-corrected chi connectivity index (χ2v) is 8.33. The molecule has 1 fully saturated rings. The fourth-order valence-electron chi connectivity index (χ4n) is 4.37. The summed E-state index contributed by atoms with van der Waals surface area (Å²) in [7, 11) is 1.61. The third-order valence-electron chi connectivity index (χ3n) is 6.09. The molecule has 33 heavy (non-hydrogen) atoms. The summed E-state index contributed by atoms with van der Waals surface area (Å²) in [6.45, 7) is 3.78. The van der Waals surface area contributed by atoms with Gasteiger partial charge < -0.3 is 15.3 Å². The molecule has 0 atom stereocenters. The lowest BCUT2D eigenvalue weighted by Crippen LogP contribution is -2.35. The van der Waals surface area contributed by atoms with E-state index in [-0.39, 0.29) is 5.95 Å². The van der Waals surface area contributed by atoms with E-state index < -0.39 is 0 Å². The van der Waals surface area contributed by atoms with Gasteiger partial charge in [-0.1, -0.05) is 22.9 Å². The predicted molar refractivity (Wildman–Crippen MR) is 130 cm³/mol. The van der Waals surface area contributed by atoms with Gasteiger partial charge in [0.05, 0.1) is 13.7 Å². The van der Waals surface area contributed by atoms with Gasteiger partial charge in [0.1, 0.15) is 23.3 Å². The predicted octanol–water partition coefficient (Wildman–Crippen LogP) is 3.55. The third kappa shape index (κ3) is 4.57. The molecule has 3 aromatic rings. The first-order chi connectivity index (χ1) is 16.2. The molecule has 2 N–H and O–H groups in total. The fourth-order valence-corrected chi connectivity index (χ4v) is 4.37. The molecule has 168 valence electrons. The Bertz CT molecular complexity index is 1230. The van der Waals surface area contributed by atoms with E-state index in [0.29, 0.717) is 17.9 Å². The molecule has 0 amide bonds. The van der Waals surface area contributed by atoms with Gasteiger partial charge in [-0.3, -0.25) is 4.90 Å². The maximum atomic E-state index is 13.5. The Kier molecular flexibility index (Phi) is 6.01. The van der Waals surface area contributed by atoms with Crippen LogP contribution in [0.1, 0.15) is 24.0 Å². The van der Waals surface area contributed by atoms with Crippen LogP contribution in [0.25, 0.3) is 11.3 Å². The van der Waals surface area contributed by atoms with Crippen molar-refractivity contribution in [3.05, 3.63) is 65.0 Å². The molecule has 0 bridgehead atoms. The zero-order valence-corrected chi connectivity index (χ0v) is 18.7. The van der Waals surface area contributed by atoms with Gasteiger partial charge in [-0.15, -0.1) is 0 Å². The largest absolute Gasteiger partial charge is 0.740 e. The van der Waals surface area contributed by atoms with Gasteiger partial charge in [0.15, 0.2) is 0 Å². The minimum absolute atomic E-state index is 0.223. The summed E-state index contributed by atoms with van der Waals surface area (Å²) in [5.74, 6) is 7.51. The number of likely N-dealkylation sites (tertiary alicyclic amines) is 1. The molecule has 3 heterocycles. The monoisotopic (exact) mass is 441 g/mol. The van der Waals surface area contributed by atoms with Crippen molar-refractivity contribution in [3.63, 3.8) is 0 Å². The van der Waals surface area contributed by atoms with E-state index >= 15 is 0 Å². The van der Waals surface area contributed by atoms with Crippen molar-refractivity contribution < 1.29 is 9.47 Å². The minimum Gasteiger partial charge on any atom is -0.740 e. The van der Waals surface area contributed by atoms with Crippen molar-refractivity contribution in [2.75, 3.05) is 43.9 Å². The van der Waals surface area contributed by atoms with Crippen LogP contribution in [0.4, 0.5) is 17.3 Å². The first-order valence-electron chi connectivity index (χ1n) is 11.3. The highest BCUT2D eigenvalue weighted by molar-refractivity contribution is 5.79. The maximum absolute atomic E-state index is 13.5. The first-order valence-corrected chi connectivity index (χ1v) is 11.3. The maximum Gasteiger partial charge on any atom is 0.397 e. The van der Waals surface area contributed by atoms with Crippen LogP contribution < -0.4 is 20.1 Å². The van der Waals surface area contributed by atoms with E-state index in [4.69, 9.17) is 4.74 Å². The summed E-state index contributed by atoms with van der Waals surface area (Å²) in [6.07, 6.45) is 5.02. The number of methoxy groups -OCH3 is 1. The molecular weight excluding hydrogens is 414 g/mol. The van der Waals surface area contributed by atoms with Crippen LogP contribution in [0.15, 0.2) is 48.7 Å². The lowest BCUT2D eigenvalue weighted by Gasteiger charge is -2.17. The number of aromatic nitrogens is 2. The first kappa shape index (κ1) is 21.1. The molecule has 1 saturated heterocycles. The minimum atomic E-state index is 0.223. The molecule has 2 aromatic carbocycles. The van der Waals surface area contributed by atoms with Crippen LogP contribution in [-0.4, -0.2) is 43.2 Å². The van der Waals surface area contributed by atoms with Crippen molar-refractivity contribution in [2.24, 2.45) is 0 Å². The molecule has 0 saturated carbocycles. The molecule has 0 unspecified atom stereocenters. The fraction of sp³-hybridized carbons (Fsp3) is 0.308. The zero-order valence-electron chi connectivity index (χ0n) is 18.7. The van der Waals surface area contributed by atoms with E-state index in [0.717, 1.165) is 59.0 Å². The van der Waals surface area contributed by atoms with Gasteiger partial charge in [0.2, 0.25) is 0 Å². The third-order valence-corrected chi connectivity index (χ3v) is 6.09. The summed E-state index contributed by atoms with van der Waals surface area (Å²) in [5.41, 5.74) is 4.94. The van der Waals surface area contributed by atoms with Crippen LogP contribution in [0.3, 0.4) is 0 Å². The number of rotatable bonds is 4. The molecule has 5 rings (SSSR count). The number of hydrogen-bond acceptors (Lipinski definition) is 6. The van der Waals surface area contributed by atoms with Gasteiger partial charge in [-0.05, 0) is 62.7 Å². The Morgan fingerprint density at radius 1 is 1.21 bits per heavy atom. The molecular formula is C26H27N5O2. The van der Waals surface area contributed by atoms with E-state index in [1.54, 1.807) is 13.3 Å². The normalized spacial score (nSPS) is 14.8. The molecule has 1 aromatic heterocycles. The molecule has 7 heteroatoms. The summed E-state index contributed by atoms with van der Waals surface area (Å²) >= 11 is 0. The average Bonchev–Trinajstić information content (AvgIpc) is 3.28. The van der Waals surface area contributed by atoms with Crippen molar-refractivity contribution in [1.29, 1.82) is 0 Å². The van der Waals surface area contributed by atoms with Crippen LogP contribution in [-0.2, 0) is 6.42 Å². The number of anilines is 3. The van der Waals surface area contributed by atoms with Gasteiger partial charge in [0.25, 0.3) is 0 Å². The van der Waals surface area contributed by atoms with Crippen molar-refractivity contribution in [2.45, 2.75) is 19.3 Å². The number of hydrogen-bond donors (Lipinski definition) is 2. The number of nitrogens with zero attached hydrogens (tertiary/aromatic N) is 3. The molecule has 0 spiro atoms. The highest BCUT2D eigenvalue weighted by Crippen LogP contribution is 2.32. The number of fused-ring (bicyclic) bond motifs is 3. The van der Waals surface area contributed by atoms with Crippen LogP contribution >= 0.6 is 0 Å². The van der Waals surface area contributed by atoms with Gasteiger partial charge in [-0.2, -0.15) is 0 Å². The highest BCUT2D eigenvalue weighted by Gasteiger charge is 2.23. The number of nitrogens with one attached hydrogen (secondary N) is 2. The number of ether oxygens (including phenoxy) is 1. The zero-order chi connectivity index (χ0) is 22.6. The standard InChI is InChI=1S/C26H27N5O2/c1-33-22-8-4-7-21(17-22)29-26-28-18-20-11-12-27-24-10-9-19(16-23(24)25(20)31(26)32)6-5-15-30-13-2-3-14-30/h4,7-10,16-18,27H,2-3,11-15H2,1H3,(H,28,29). The van der Waals surface area contributed by atoms with Gasteiger partial charge in [-0.25, -0.2) is 10.0 Å². The Morgan fingerprint density at radius 2 is 2.09 bits per heavy atom. The molecule has 0 aliphatic carbocycles. The quantitative estimate of drug-likeness (QED) is 0.366. The summed E-state index contributed by atoms with van der Waals surface area (Å²) < 4.78 is 6.18. The SMILES string of the molecule is COc1cccc(Nc2ncc3c([n+]2[O-])-c2cc(C#CCN4CCCC4)ccc2NCC3)c1. The molecule has 0 radical (unpaired) electrons. The van der Waals surface area contributed by atoms with Gasteiger partial charge in [0, 0.05) is 35.0 Å². The lowest BCUT2D eigenvalue weighted by molar-refractivity contribution is -0.581. The van der Waals surface area contributed by atoms with E-state index in [1.807, 2.05) is 42.5 Å². The summed E-state index contributed by atoms with van der Waals surface area (Å²) in [5, 5.41) is 20.0. The smallest absolute Gasteiger partial charge is 0.397 e. The second-order valence-electron chi connectivity index (χ2n) is 8.33. The van der Waals surface area contributed by atoms with E-state index in [9.17, 15) is 5.21 Å². The average molecular weight is 442 g/mol. The van der Waals surface area contributed by atoms with Crippen molar-refractivity contribution in [3.8, 4) is 28.8 Å². The summed E-state index contributed by atoms with van der Waals surface area (Å²) in [6, 6.07) is 13.5. The highest BCUT2D eigenvalue weighted by atomic mass is 16.5. The number of benzene rings is 2. The van der Waals surface area contributed by atoms with Gasteiger partial charge >= 0.3 is 5.95 Å². The van der Waals surface area contributed by atoms with Crippen molar-refractivity contribution >= 4 is 17.3 Å². The topological polar surface area (TPSA) is 76.4 Å². The Hall–Kier alpha value is -3.76. The Balaban J connectivity index is 1.49. The molecule has 7 nitrogen and oxygen atoms in total. The van der Waals surface area contributed by atoms with Crippen LogP contribution in [0.5, 0.6) is 5.75 Å². The van der Waals surface area contributed by atoms with Crippen molar-refractivity contribution in [1.82, 2.24) is 9.88 Å². The second kappa shape index (κ2) is 9.39. The van der Waals surface area contributed by atoms with Crippen LogP contribution in [0.2, 0.25) is 0 Å². The molecule has 2 aliphatic rings. The van der Waals surface area contributed by atoms with Crippen LogP contribution in [0, 0.1) is 17.0 Å². The lowest BCUT2D eigenvalue weighted by atomic mass is 10.0.